The SMILES string of the molecule is C#Cc1ccc2c(c1)C(c1ccccc1F)=N[C@H](C)c1c(-c3ccco3)ncn1-2. The summed E-state index contributed by atoms with van der Waals surface area (Å²) in [5, 5.41) is 0. The summed E-state index contributed by atoms with van der Waals surface area (Å²) in [5.41, 5.74) is 4.91. The van der Waals surface area contributed by atoms with Gasteiger partial charge in [-0.15, -0.1) is 6.42 Å². The Morgan fingerprint density at radius 3 is 2.72 bits per heavy atom. The van der Waals surface area contributed by atoms with Crippen molar-refractivity contribution in [3.05, 3.63) is 95.4 Å². The van der Waals surface area contributed by atoms with E-state index in [1.165, 1.54) is 6.07 Å². The van der Waals surface area contributed by atoms with Crippen LogP contribution in [-0.4, -0.2) is 15.3 Å². The number of imidazole rings is 1. The largest absolute Gasteiger partial charge is 0.463 e. The molecule has 0 saturated carbocycles. The van der Waals surface area contributed by atoms with Gasteiger partial charge in [-0.25, -0.2) is 9.37 Å². The van der Waals surface area contributed by atoms with Crippen LogP contribution in [0.15, 0.2) is 76.6 Å². The Bertz CT molecular complexity index is 1290. The predicted molar refractivity (Wildman–Crippen MR) is 110 cm³/mol. The van der Waals surface area contributed by atoms with Gasteiger partial charge in [0.2, 0.25) is 0 Å². The number of furan rings is 1. The molecule has 4 aromatic rings. The van der Waals surface area contributed by atoms with E-state index in [1.807, 2.05) is 41.8 Å². The second-order valence-corrected chi connectivity index (χ2v) is 6.84. The molecule has 0 radical (unpaired) electrons. The van der Waals surface area contributed by atoms with Crippen molar-refractivity contribution in [1.82, 2.24) is 9.55 Å². The fourth-order valence-corrected chi connectivity index (χ4v) is 3.77. The van der Waals surface area contributed by atoms with Crippen molar-refractivity contribution in [2.75, 3.05) is 0 Å². The summed E-state index contributed by atoms with van der Waals surface area (Å²) in [6, 6.07) is 15.7. The third-order valence-corrected chi connectivity index (χ3v) is 5.08. The van der Waals surface area contributed by atoms with Gasteiger partial charge in [-0.05, 0) is 49.4 Å². The molecule has 3 heterocycles. The summed E-state index contributed by atoms with van der Waals surface area (Å²) in [6.45, 7) is 1.97. The first kappa shape index (κ1) is 17.2. The number of aromatic nitrogens is 2. The van der Waals surface area contributed by atoms with Gasteiger partial charge in [-0.1, -0.05) is 18.1 Å². The Morgan fingerprint density at radius 2 is 1.97 bits per heavy atom. The van der Waals surface area contributed by atoms with Gasteiger partial charge >= 0.3 is 0 Å². The van der Waals surface area contributed by atoms with Gasteiger partial charge in [0, 0.05) is 16.7 Å². The molecule has 0 bridgehead atoms. The highest BCUT2D eigenvalue weighted by molar-refractivity contribution is 6.15. The van der Waals surface area contributed by atoms with Gasteiger partial charge in [-0.3, -0.25) is 9.56 Å². The van der Waals surface area contributed by atoms with Gasteiger partial charge < -0.3 is 4.42 Å². The summed E-state index contributed by atoms with van der Waals surface area (Å²) in [5.74, 6) is 2.99. The zero-order valence-corrected chi connectivity index (χ0v) is 15.6. The topological polar surface area (TPSA) is 43.3 Å². The molecule has 0 N–H and O–H groups in total. The van der Waals surface area contributed by atoms with Crippen LogP contribution in [0.25, 0.3) is 17.1 Å². The van der Waals surface area contributed by atoms with Gasteiger partial charge in [-0.2, -0.15) is 0 Å². The van der Waals surface area contributed by atoms with Gasteiger partial charge in [0.15, 0.2) is 5.76 Å². The molecule has 0 fully saturated rings. The number of rotatable bonds is 2. The Balaban J connectivity index is 1.83. The van der Waals surface area contributed by atoms with E-state index < -0.39 is 0 Å². The first-order chi connectivity index (χ1) is 14.2. The minimum absolute atomic E-state index is 0.283. The van der Waals surface area contributed by atoms with E-state index in [-0.39, 0.29) is 11.9 Å². The molecule has 5 heteroatoms. The van der Waals surface area contributed by atoms with Crippen LogP contribution in [0.4, 0.5) is 4.39 Å². The maximum absolute atomic E-state index is 14.7. The molecule has 0 spiro atoms. The molecule has 0 unspecified atom stereocenters. The highest BCUT2D eigenvalue weighted by Gasteiger charge is 2.28. The van der Waals surface area contributed by atoms with E-state index in [4.69, 9.17) is 15.8 Å². The second kappa shape index (κ2) is 6.61. The maximum atomic E-state index is 14.7. The first-order valence-electron chi connectivity index (χ1n) is 9.22. The number of benzene rings is 2. The van der Waals surface area contributed by atoms with Gasteiger partial charge in [0.1, 0.15) is 17.8 Å². The van der Waals surface area contributed by atoms with Crippen LogP contribution in [0.1, 0.15) is 35.3 Å². The van der Waals surface area contributed by atoms with Crippen molar-refractivity contribution in [2.45, 2.75) is 13.0 Å². The van der Waals surface area contributed by atoms with Crippen molar-refractivity contribution in [1.29, 1.82) is 0 Å². The lowest BCUT2D eigenvalue weighted by Crippen LogP contribution is -2.09. The number of aliphatic imine (C=N–C) groups is 1. The summed E-state index contributed by atoms with van der Waals surface area (Å²) in [4.78, 5) is 9.49. The Kier molecular flexibility index (Phi) is 3.92. The highest BCUT2D eigenvalue weighted by Crippen LogP contribution is 2.36. The van der Waals surface area contributed by atoms with E-state index in [0.717, 1.165) is 16.9 Å². The zero-order valence-electron chi connectivity index (χ0n) is 15.6. The summed E-state index contributed by atoms with van der Waals surface area (Å²) in [6.07, 6.45) is 8.99. The molecular weight excluding hydrogens is 365 g/mol. The maximum Gasteiger partial charge on any atom is 0.154 e. The fourth-order valence-electron chi connectivity index (χ4n) is 3.77. The molecule has 2 aromatic carbocycles. The third-order valence-electron chi connectivity index (χ3n) is 5.08. The quantitative estimate of drug-likeness (QED) is 0.450. The number of fused-ring (bicyclic) bond motifs is 3. The molecule has 0 amide bonds. The van der Waals surface area contributed by atoms with E-state index in [9.17, 15) is 4.39 Å². The van der Waals surface area contributed by atoms with Crippen molar-refractivity contribution in [3.63, 3.8) is 0 Å². The van der Waals surface area contributed by atoms with E-state index >= 15 is 0 Å². The lowest BCUT2D eigenvalue weighted by molar-refractivity contribution is 0.578. The normalized spacial score (nSPS) is 15.1. The summed E-state index contributed by atoms with van der Waals surface area (Å²) < 4.78 is 22.3. The average Bonchev–Trinajstić information content (AvgIpc) is 3.39. The number of terminal acetylenes is 1. The monoisotopic (exact) mass is 381 g/mol. The first-order valence-corrected chi connectivity index (χ1v) is 9.22. The average molecular weight is 381 g/mol. The number of nitrogens with zero attached hydrogens (tertiary/aromatic N) is 3. The van der Waals surface area contributed by atoms with Crippen LogP contribution < -0.4 is 0 Å². The molecule has 0 saturated heterocycles. The smallest absolute Gasteiger partial charge is 0.154 e. The Hall–Kier alpha value is -3.91. The van der Waals surface area contributed by atoms with Crippen LogP contribution in [-0.2, 0) is 0 Å². The third kappa shape index (κ3) is 2.69. The molecule has 29 heavy (non-hydrogen) atoms. The van der Waals surface area contributed by atoms with Crippen molar-refractivity contribution >= 4 is 5.71 Å². The summed E-state index contributed by atoms with van der Waals surface area (Å²) >= 11 is 0. The number of halogens is 1. The van der Waals surface area contributed by atoms with E-state index in [0.29, 0.717) is 28.3 Å². The molecule has 1 aliphatic heterocycles. The molecule has 0 aliphatic carbocycles. The molecule has 2 aromatic heterocycles. The summed E-state index contributed by atoms with van der Waals surface area (Å²) in [7, 11) is 0. The Labute approximate surface area is 167 Å². The standard InChI is InChI=1S/C24H16FN3O/c1-3-16-10-11-20-18(13-16)22(17-7-4-5-8-19(17)25)27-15(2)24-23(26-14-28(20)24)21-9-6-12-29-21/h1,4-15H,2H3/t15-/m1/s1. The van der Waals surface area contributed by atoms with E-state index in [1.54, 1.807) is 30.8 Å². The van der Waals surface area contributed by atoms with Crippen LogP contribution in [0.5, 0.6) is 0 Å². The molecule has 1 atom stereocenters. The van der Waals surface area contributed by atoms with Gasteiger partial charge in [0.05, 0.1) is 29.4 Å². The zero-order chi connectivity index (χ0) is 20.0. The lowest BCUT2D eigenvalue weighted by atomic mass is 9.98. The van der Waals surface area contributed by atoms with E-state index in [2.05, 4.69) is 10.9 Å². The second-order valence-electron chi connectivity index (χ2n) is 6.84. The molecule has 4 nitrogen and oxygen atoms in total. The molecular formula is C24H16FN3O. The fraction of sp³-hybridized carbons (Fsp3) is 0.0833. The molecule has 140 valence electrons. The van der Waals surface area contributed by atoms with Crippen LogP contribution in [0, 0.1) is 18.2 Å². The van der Waals surface area contributed by atoms with Crippen LogP contribution in [0.2, 0.25) is 0 Å². The van der Waals surface area contributed by atoms with Crippen LogP contribution >= 0.6 is 0 Å². The van der Waals surface area contributed by atoms with Gasteiger partial charge in [0.25, 0.3) is 0 Å². The van der Waals surface area contributed by atoms with Crippen molar-refractivity contribution < 1.29 is 8.81 Å². The highest BCUT2D eigenvalue weighted by atomic mass is 19.1. The molecule has 1 aliphatic rings. The van der Waals surface area contributed by atoms with Crippen molar-refractivity contribution in [2.24, 2.45) is 4.99 Å². The minimum Gasteiger partial charge on any atom is -0.463 e. The Morgan fingerprint density at radius 1 is 1.10 bits per heavy atom. The lowest BCUT2D eigenvalue weighted by Gasteiger charge is -2.13. The predicted octanol–water partition coefficient (Wildman–Crippen LogP) is 5.16. The number of hydrogen-bond acceptors (Lipinski definition) is 3. The molecule has 5 rings (SSSR count). The van der Waals surface area contributed by atoms with Crippen LogP contribution in [0.3, 0.4) is 0 Å². The van der Waals surface area contributed by atoms with Crippen molar-refractivity contribution in [3.8, 4) is 29.5 Å². The number of hydrogen-bond donors (Lipinski definition) is 0. The minimum atomic E-state index is -0.327.